The van der Waals surface area contributed by atoms with E-state index in [-0.39, 0.29) is 17.5 Å². The van der Waals surface area contributed by atoms with Gasteiger partial charge >= 0.3 is 0 Å². The average Bonchev–Trinajstić information content (AvgIpc) is 3.68. The highest BCUT2D eigenvalue weighted by molar-refractivity contribution is 6.01. The van der Waals surface area contributed by atoms with Gasteiger partial charge in [-0.25, -0.2) is 4.98 Å². The zero-order chi connectivity index (χ0) is 26.7. The van der Waals surface area contributed by atoms with E-state index >= 15 is 0 Å². The molecule has 9 nitrogen and oxygen atoms in total. The Labute approximate surface area is 221 Å². The van der Waals surface area contributed by atoms with Gasteiger partial charge in [0.1, 0.15) is 35.2 Å². The number of carbonyl (C=O) groups is 1. The van der Waals surface area contributed by atoms with Gasteiger partial charge in [-0.2, -0.15) is 10.2 Å². The number of ether oxygens (including phenoxy) is 1. The Bertz CT molecular complexity index is 1450. The van der Waals surface area contributed by atoms with Crippen molar-refractivity contribution in [1.82, 2.24) is 20.0 Å². The maximum absolute atomic E-state index is 13.8. The minimum atomic E-state index is -1.18. The largest absolute Gasteiger partial charge is 0.491 e. The molecule has 38 heavy (non-hydrogen) atoms. The molecule has 1 fully saturated rings. The van der Waals surface area contributed by atoms with Gasteiger partial charge in [0.15, 0.2) is 5.82 Å². The van der Waals surface area contributed by atoms with Crippen molar-refractivity contribution in [1.29, 1.82) is 5.26 Å². The molecule has 3 aromatic rings. The summed E-state index contributed by atoms with van der Waals surface area (Å²) < 4.78 is 11.1. The second-order valence-electron chi connectivity index (χ2n) is 9.95. The minimum absolute atomic E-state index is 0.274. The Balaban J connectivity index is 1.42. The molecule has 0 radical (unpaired) electrons. The molecule has 2 heterocycles. The molecule has 0 spiro atoms. The number of carbonyl (C=O) groups excluding carboxylic acids is 1. The van der Waals surface area contributed by atoms with E-state index in [4.69, 9.17) is 9.26 Å². The van der Waals surface area contributed by atoms with Crippen LogP contribution in [0.3, 0.4) is 0 Å². The van der Waals surface area contributed by atoms with Crippen molar-refractivity contribution in [3.8, 4) is 11.8 Å². The molecule has 2 aliphatic rings. The third-order valence-electron chi connectivity index (χ3n) is 6.84. The third kappa shape index (κ3) is 5.22. The second-order valence-corrected chi connectivity index (χ2v) is 9.95. The monoisotopic (exact) mass is 510 g/mol. The Hall–Kier alpha value is -4.29. The van der Waals surface area contributed by atoms with Crippen LogP contribution < -0.4 is 10.1 Å². The first-order valence-electron chi connectivity index (χ1n) is 12.7. The van der Waals surface area contributed by atoms with E-state index in [1.165, 1.54) is 30.2 Å². The normalized spacial score (nSPS) is 18.7. The summed E-state index contributed by atoms with van der Waals surface area (Å²) in [6.45, 7) is 2.77. The molecular weight excluding hydrogens is 480 g/mol. The van der Waals surface area contributed by atoms with Crippen LogP contribution in [0.2, 0.25) is 0 Å². The molecule has 9 heteroatoms. The van der Waals surface area contributed by atoms with Gasteiger partial charge in [0.05, 0.1) is 6.20 Å². The predicted octanol–water partition coefficient (Wildman–Crippen LogP) is 4.38. The van der Waals surface area contributed by atoms with Crippen LogP contribution in [0.5, 0.6) is 5.75 Å². The molecule has 2 aromatic heterocycles. The first-order valence-corrected chi connectivity index (χ1v) is 12.7. The fourth-order valence-electron chi connectivity index (χ4n) is 4.54. The summed E-state index contributed by atoms with van der Waals surface area (Å²) >= 11 is 0. The number of benzene rings is 1. The highest BCUT2D eigenvalue weighted by atomic mass is 16.5. The molecule has 1 aromatic carbocycles. The number of aryl methyl sites for hydroxylation is 1. The maximum Gasteiger partial charge on any atom is 0.243 e. The molecule has 1 saturated carbocycles. The van der Waals surface area contributed by atoms with Crippen LogP contribution in [0, 0.1) is 18.3 Å². The number of likely N-dealkylation sites (N-methyl/N-ethyl adjacent to an activating group) is 1. The maximum atomic E-state index is 13.8. The van der Waals surface area contributed by atoms with Crippen molar-refractivity contribution < 1.29 is 14.1 Å². The lowest BCUT2D eigenvalue weighted by molar-refractivity contribution is -0.120. The van der Waals surface area contributed by atoms with E-state index in [2.05, 4.69) is 50.8 Å². The number of rotatable bonds is 9. The molecule has 0 saturated heterocycles. The van der Waals surface area contributed by atoms with Crippen molar-refractivity contribution >= 4 is 17.3 Å². The van der Waals surface area contributed by atoms with Crippen LogP contribution in [-0.4, -0.2) is 53.2 Å². The van der Waals surface area contributed by atoms with Crippen molar-refractivity contribution in [3.63, 3.8) is 0 Å². The third-order valence-corrected chi connectivity index (χ3v) is 6.84. The Morgan fingerprint density at radius 2 is 2.13 bits per heavy atom. The standard InChI is InChI=1S/C29H30N6O3/c1-19-32-27(34-38-19)29(12-10-21(11-13-29)24-7-5-4-6-23(24)20-8-9-20)28(36)33-26-16-25(22(17-30)18-31-26)37-15-14-35(2)3/h4-7,10-12,16,18,20H,8-9,13-15H2,1-3H3,(H,31,33,36). The summed E-state index contributed by atoms with van der Waals surface area (Å²) in [6.07, 6.45) is 10.1. The topological polar surface area (TPSA) is 117 Å². The highest BCUT2D eigenvalue weighted by Crippen LogP contribution is 2.45. The fraction of sp³-hybridized carbons (Fsp3) is 0.345. The van der Waals surface area contributed by atoms with E-state index in [1.807, 2.05) is 37.2 Å². The summed E-state index contributed by atoms with van der Waals surface area (Å²) in [4.78, 5) is 24.5. The van der Waals surface area contributed by atoms with Crippen LogP contribution in [0.1, 0.15) is 53.6 Å². The molecule has 1 N–H and O–H groups in total. The average molecular weight is 511 g/mol. The van der Waals surface area contributed by atoms with Crippen molar-refractivity contribution in [2.75, 3.05) is 32.6 Å². The first-order chi connectivity index (χ1) is 18.4. The molecular formula is C29H30N6O3. The summed E-state index contributed by atoms with van der Waals surface area (Å²) in [5.41, 5.74) is 2.73. The lowest BCUT2D eigenvalue weighted by Gasteiger charge is -2.28. The zero-order valence-corrected chi connectivity index (χ0v) is 21.8. The van der Waals surface area contributed by atoms with Crippen LogP contribution in [0.25, 0.3) is 5.57 Å². The fourth-order valence-corrected chi connectivity index (χ4v) is 4.54. The molecule has 194 valence electrons. The number of aromatic nitrogens is 3. The minimum Gasteiger partial charge on any atom is -0.491 e. The second kappa shape index (κ2) is 10.6. The number of amides is 1. The van der Waals surface area contributed by atoms with Crippen molar-refractivity contribution in [2.24, 2.45) is 0 Å². The molecule has 1 amide bonds. The number of hydrogen-bond donors (Lipinski definition) is 1. The van der Waals surface area contributed by atoms with Gasteiger partial charge in [-0.05, 0) is 56.0 Å². The Morgan fingerprint density at radius 3 is 2.79 bits per heavy atom. The lowest BCUT2D eigenvalue weighted by atomic mass is 9.77. The number of nitrogens with zero attached hydrogens (tertiary/aromatic N) is 5. The van der Waals surface area contributed by atoms with Crippen LogP contribution in [0.15, 0.2) is 59.3 Å². The molecule has 0 bridgehead atoms. The molecule has 1 unspecified atom stereocenters. The van der Waals surface area contributed by atoms with Gasteiger partial charge in [0, 0.05) is 19.5 Å². The lowest BCUT2D eigenvalue weighted by Crippen LogP contribution is -2.40. The van der Waals surface area contributed by atoms with Gasteiger partial charge in [0.25, 0.3) is 0 Å². The molecule has 2 aliphatic carbocycles. The number of anilines is 1. The van der Waals surface area contributed by atoms with E-state index in [0.29, 0.717) is 42.7 Å². The smallest absolute Gasteiger partial charge is 0.243 e. The first kappa shape index (κ1) is 25.4. The van der Waals surface area contributed by atoms with Crippen LogP contribution in [-0.2, 0) is 10.2 Å². The zero-order valence-electron chi connectivity index (χ0n) is 21.8. The van der Waals surface area contributed by atoms with E-state index in [9.17, 15) is 10.1 Å². The predicted molar refractivity (Wildman–Crippen MR) is 142 cm³/mol. The number of nitrogens with one attached hydrogen (secondary N) is 1. The van der Waals surface area contributed by atoms with E-state index in [1.54, 1.807) is 13.0 Å². The summed E-state index contributed by atoms with van der Waals surface area (Å²) in [7, 11) is 3.88. The van der Waals surface area contributed by atoms with Crippen molar-refractivity contribution in [2.45, 2.75) is 37.5 Å². The van der Waals surface area contributed by atoms with Crippen LogP contribution in [0.4, 0.5) is 5.82 Å². The summed E-state index contributed by atoms with van der Waals surface area (Å²) in [5, 5.41) is 16.5. The summed E-state index contributed by atoms with van der Waals surface area (Å²) in [6, 6.07) is 12.1. The van der Waals surface area contributed by atoms with Gasteiger partial charge < -0.3 is 19.5 Å². The molecule has 0 aliphatic heterocycles. The van der Waals surface area contributed by atoms with Gasteiger partial charge in [-0.3, -0.25) is 4.79 Å². The van der Waals surface area contributed by atoms with Crippen LogP contribution >= 0.6 is 0 Å². The number of pyridine rings is 1. The number of allylic oxidation sites excluding steroid dienone is 3. The summed E-state index contributed by atoms with van der Waals surface area (Å²) in [5.74, 6) is 1.55. The van der Waals surface area contributed by atoms with Gasteiger partial charge in [-0.1, -0.05) is 47.7 Å². The van der Waals surface area contributed by atoms with Gasteiger partial charge in [-0.15, -0.1) is 0 Å². The molecule has 1 atom stereocenters. The Morgan fingerprint density at radius 1 is 1.32 bits per heavy atom. The van der Waals surface area contributed by atoms with E-state index < -0.39 is 5.41 Å². The number of nitriles is 1. The quantitative estimate of drug-likeness (QED) is 0.451. The van der Waals surface area contributed by atoms with E-state index in [0.717, 1.165) is 5.57 Å². The Kier molecular flexibility index (Phi) is 7.07. The van der Waals surface area contributed by atoms with Crippen molar-refractivity contribution in [3.05, 3.63) is 83.2 Å². The molecule has 5 rings (SSSR count). The van der Waals surface area contributed by atoms with Gasteiger partial charge in [0.2, 0.25) is 11.8 Å². The SMILES string of the molecule is Cc1nc(C2(C(=O)Nc3cc(OCCN(C)C)c(C#N)cn3)C=CC(c3ccccc3C3CC3)=CC2)no1. The highest BCUT2D eigenvalue weighted by Gasteiger charge is 2.43. The number of hydrogen-bond acceptors (Lipinski definition) is 8.